The van der Waals surface area contributed by atoms with Crippen LogP contribution >= 0.6 is 0 Å². The van der Waals surface area contributed by atoms with Gasteiger partial charge in [0.05, 0.1) is 0 Å². The Morgan fingerprint density at radius 3 is 2.48 bits per heavy atom. The summed E-state index contributed by atoms with van der Waals surface area (Å²) in [6, 6.07) is 12.2. The van der Waals surface area contributed by atoms with Crippen LogP contribution in [0, 0.1) is 6.92 Å². The largest absolute Gasteiger partial charge is 0.486 e. The number of rotatable bonds is 3. The van der Waals surface area contributed by atoms with Crippen molar-refractivity contribution in [3.05, 3.63) is 47.5 Å². The van der Waals surface area contributed by atoms with Gasteiger partial charge in [-0.05, 0) is 30.2 Å². The third-order valence-corrected chi connectivity index (χ3v) is 3.74. The lowest BCUT2D eigenvalue weighted by atomic mass is 10.1. The summed E-state index contributed by atoms with van der Waals surface area (Å²) in [7, 11) is 2.07. The number of anilines is 2. The topological polar surface area (TPSA) is 47.7 Å². The molecule has 0 saturated heterocycles. The van der Waals surface area contributed by atoms with Crippen molar-refractivity contribution in [3.63, 3.8) is 0 Å². The lowest BCUT2D eigenvalue weighted by molar-refractivity contribution is 0.171. The van der Waals surface area contributed by atoms with Gasteiger partial charge in [-0.2, -0.15) is 0 Å². The zero-order chi connectivity index (χ0) is 14.8. The van der Waals surface area contributed by atoms with E-state index in [0.717, 1.165) is 29.3 Å². The highest BCUT2D eigenvalue weighted by molar-refractivity contribution is 5.60. The number of ether oxygens (including phenoxy) is 2. The molecule has 0 bridgehead atoms. The van der Waals surface area contributed by atoms with Crippen molar-refractivity contribution in [2.24, 2.45) is 0 Å². The van der Waals surface area contributed by atoms with Gasteiger partial charge >= 0.3 is 0 Å². The fraction of sp³-hybridized carbons (Fsp3) is 0.294. The molecule has 0 atom stereocenters. The minimum absolute atomic E-state index is 0.578. The molecule has 0 spiro atoms. The van der Waals surface area contributed by atoms with E-state index in [2.05, 4.69) is 31.0 Å². The Labute approximate surface area is 125 Å². The van der Waals surface area contributed by atoms with Crippen LogP contribution in [-0.2, 0) is 6.54 Å². The molecule has 0 aliphatic carbocycles. The van der Waals surface area contributed by atoms with Gasteiger partial charge in [-0.15, -0.1) is 0 Å². The first-order chi connectivity index (χ1) is 10.1. The second kappa shape index (κ2) is 5.56. The van der Waals surface area contributed by atoms with Crippen molar-refractivity contribution in [3.8, 4) is 11.5 Å². The summed E-state index contributed by atoms with van der Waals surface area (Å²) in [5.74, 6) is 1.52. The van der Waals surface area contributed by atoms with Crippen LogP contribution in [0.1, 0.15) is 11.1 Å². The molecule has 2 aromatic rings. The van der Waals surface area contributed by atoms with Gasteiger partial charge in [0.2, 0.25) is 0 Å². The molecular formula is C17H20N2O2. The van der Waals surface area contributed by atoms with E-state index in [1.54, 1.807) is 0 Å². The first-order valence-corrected chi connectivity index (χ1v) is 7.10. The predicted molar refractivity (Wildman–Crippen MR) is 85.1 cm³/mol. The van der Waals surface area contributed by atoms with E-state index in [1.807, 2.05) is 24.3 Å². The van der Waals surface area contributed by atoms with E-state index in [1.165, 1.54) is 11.3 Å². The Morgan fingerprint density at radius 1 is 1.10 bits per heavy atom. The summed E-state index contributed by atoms with van der Waals surface area (Å²) < 4.78 is 11.2. The Hall–Kier alpha value is -2.36. The number of benzene rings is 2. The van der Waals surface area contributed by atoms with Crippen molar-refractivity contribution in [1.82, 2.24) is 0 Å². The zero-order valence-corrected chi connectivity index (χ0v) is 12.4. The summed E-state index contributed by atoms with van der Waals surface area (Å²) in [5, 5.41) is 0. The Morgan fingerprint density at radius 2 is 1.76 bits per heavy atom. The molecular weight excluding hydrogens is 264 g/mol. The maximum Gasteiger partial charge on any atom is 0.163 e. The fourth-order valence-electron chi connectivity index (χ4n) is 2.62. The van der Waals surface area contributed by atoms with Crippen LogP contribution in [0.25, 0.3) is 0 Å². The van der Waals surface area contributed by atoms with Gasteiger partial charge in [0.15, 0.2) is 11.5 Å². The molecule has 2 aromatic carbocycles. The summed E-state index contributed by atoms with van der Waals surface area (Å²) >= 11 is 0. The molecule has 4 nitrogen and oxygen atoms in total. The minimum Gasteiger partial charge on any atom is -0.486 e. The molecule has 0 aromatic heterocycles. The second-order valence-electron chi connectivity index (χ2n) is 5.34. The van der Waals surface area contributed by atoms with Crippen LogP contribution in [-0.4, -0.2) is 20.3 Å². The molecule has 110 valence electrons. The Bertz CT molecular complexity index is 655. The number of fused-ring (bicyclic) bond motifs is 1. The van der Waals surface area contributed by atoms with Gasteiger partial charge in [-0.3, -0.25) is 0 Å². The minimum atomic E-state index is 0.578. The summed E-state index contributed by atoms with van der Waals surface area (Å²) in [6.07, 6.45) is 0. The maximum atomic E-state index is 6.15. The molecule has 0 fully saturated rings. The van der Waals surface area contributed by atoms with Gasteiger partial charge < -0.3 is 20.1 Å². The highest BCUT2D eigenvalue weighted by Crippen LogP contribution is 2.35. The Kier molecular flexibility index (Phi) is 3.60. The summed E-state index contributed by atoms with van der Waals surface area (Å²) in [5.41, 5.74) is 10.4. The highest BCUT2D eigenvalue weighted by atomic mass is 16.6. The van der Waals surface area contributed by atoms with Gasteiger partial charge in [0.1, 0.15) is 13.2 Å². The standard InChI is InChI=1S/C17H20N2O2/c1-12-5-3-4-6-15(12)19(2)11-13-9-16-17(10-14(13)18)21-8-7-20-16/h3-6,9-10H,7-8,11,18H2,1-2H3. The smallest absolute Gasteiger partial charge is 0.163 e. The van der Waals surface area contributed by atoms with Crippen molar-refractivity contribution in [2.75, 3.05) is 30.9 Å². The van der Waals surface area contributed by atoms with Crippen molar-refractivity contribution in [1.29, 1.82) is 0 Å². The monoisotopic (exact) mass is 284 g/mol. The molecule has 1 aliphatic heterocycles. The van der Waals surface area contributed by atoms with E-state index in [0.29, 0.717) is 13.2 Å². The van der Waals surface area contributed by atoms with Crippen LogP contribution in [0.3, 0.4) is 0 Å². The zero-order valence-electron chi connectivity index (χ0n) is 12.4. The van der Waals surface area contributed by atoms with Crippen LogP contribution in [0.15, 0.2) is 36.4 Å². The summed E-state index contributed by atoms with van der Waals surface area (Å²) in [6.45, 7) is 4.01. The molecule has 0 saturated carbocycles. The lowest BCUT2D eigenvalue weighted by Gasteiger charge is -2.24. The molecule has 0 radical (unpaired) electrons. The number of nitrogens with two attached hydrogens (primary N) is 1. The number of hydrogen-bond donors (Lipinski definition) is 1. The predicted octanol–water partition coefficient (Wildman–Crippen LogP) is 2.98. The van der Waals surface area contributed by atoms with Gasteiger partial charge in [-0.1, -0.05) is 18.2 Å². The van der Waals surface area contributed by atoms with Crippen molar-refractivity contribution >= 4 is 11.4 Å². The average Bonchev–Trinajstić information content (AvgIpc) is 2.48. The molecule has 21 heavy (non-hydrogen) atoms. The van der Waals surface area contributed by atoms with Crippen molar-refractivity contribution in [2.45, 2.75) is 13.5 Å². The molecule has 1 aliphatic rings. The van der Waals surface area contributed by atoms with Gasteiger partial charge in [-0.25, -0.2) is 0 Å². The number of para-hydroxylation sites is 1. The molecule has 1 heterocycles. The van der Waals surface area contributed by atoms with E-state index in [9.17, 15) is 0 Å². The second-order valence-corrected chi connectivity index (χ2v) is 5.34. The fourth-order valence-corrected chi connectivity index (χ4v) is 2.62. The van der Waals surface area contributed by atoms with Crippen LogP contribution in [0.4, 0.5) is 11.4 Å². The highest BCUT2D eigenvalue weighted by Gasteiger charge is 2.16. The van der Waals surface area contributed by atoms with Crippen LogP contribution < -0.4 is 20.1 Å². The van der Waals surface area contributed by atoms with Crippen LogP contribution in [0.5, 0.6) is 11.5 Å². The first kappa shape index (κ1) is 13.6. The average molecular weight is 284 g/mol. The first-order valence-electron chi connectivity index (χ1n) is 7.10. The normalized spacial score (nSPS) is 13.0. The molecule has 2 N–H and O–H groups in total. The molecule has 0 amide bonds. The quantitative estimate of drug-likeness (QED) is 0.880. The van der Waals surface area contributed by atoms with E-state index < -0.39 is 0 Å². The SMILES string of the molecule is Cc1ccccc1N(C)Cc1cc2c(cc1N)OCCO2. The number of nitrogen functional groups attached to an aromatic ring is 1. The molecule has 4 heteroatoms. The summed E-state index contributed by atoms with van der Waals surface area (Å²) in [4.78, 5) is 2.19. The van der Waals surface area contributed by atoms with E-state index in [-0.39, 0.29) is 0 Å². The van der Waals surface area contributed by atoms with E-state index >= 15 is 0 Å². The number of aryl methyl sites for hydroxylation is 1. The number of hydrogen-bond acceptors (Lipinski definition) is 4. The van der Waals surface area contributed by atoms with Gasteiger partial charge in [0, 0.05) is 31.0 Å². The third kappa shape index (κ3) is 2.75. The Balaban J connectivity index is 1.86. The van der Waals surface area contributed by atoms with E-state index in [4.69, 9.17) is 15.2 Å². The number of nitrogens with zero attached hydrogens (tertiary/aromatic N) is 1. The molecule has 3 rings (SSSR count). The third-order valence-electron chi connectivity index (χ3n) is 3.74. The maximum absolute atomic E-state index is 6.15. The van der Waals surface area contributed by atoms with Gasteiger partial charge in [0.25, 0.3) is 0 Å². The lowest BCUT2D eigenvalue weighted by Crippen LogP contribution is -2.20. The van der Waals surface area contributed by atoms with Crippen LogP contribution in [0.2, 0.25) is 0 Å². The molecule has 0 unspecified atom stereocenters. The van der Waals surface area contributed by atoms with Crippen molar-refractivity contribution < 1.29 is 9.47 Å².